The van der Waals surface area contributed by atoms with E-state index in [1.165, 1.54) is 20.3 Å². The molecule has 8 heteroatoms. The maximum atomic E-state index is 14.6. The van der Waals surface area contributed by atoms with Crippen molar-refractivity contribution in [3.05, 3.63) is 119 Å². The van der Waals surface area contributed by atoms with Gasteiger partial charge < -0.3 is 24.3 Å². The third-order valence-corrected chi connectivity index (χ3v) is 7.45. The van der Waals surface area contributed by atoms with Gasteiger partial charge in [-0.05, 0) is 54.3 Å². The summed E-state index contributed by atoms with van der Waals surface area (Å²) in [6.07, 6.45) is 3.69. The molecule has 0 saturated heterocycles. The summed E-state index contributed by atoms with van der Waals surface area (Å²) in [5.74, 6) is -1.86. The number of hydrogen-bond acceptors (Lipinski definition) is 5. The molecule has 0 aliphatic carbocycles. The Labute approximate surface area is 237 Å². The zero-order chi connectivity index (χ0) is 28.9. The molecule has 7 nitrogen and oxygen atoms in total. The topological polar surface area (TPSA) is 87.4 Å². The van der Waals surface area contributed by atoms with Gasteiger partial charge in [-0.25, -0.2) is 14.0 Å². The number of rotatable bonds is 10. The highest BCUT2D eigenvalue weighted by Gasteiger charge is 2.27. The van der Waals surface area contributed by atoms with Crippen molar-refractivity contribution in [2.75, 3.05) is 27.3 Å². The Morgan fingerprint density at radius 2 is 1.68 bits per heavy atom. The lowest BCUT2D eigenvalue weighted by atomic mass is 9.85. The molecule has 5 aromatic rings. The summed E-state index contributed by atoms with van der Waals surface area (Å²) in [6, 6.07) is 22.8. The number of para-hydroxylation sites is 2. The Morgan fingerprint density at radius 3 is 2.39 bits per heavy atom. The van der Waals surface area contributed by atoms with Gasteiger partial charge in [-0.3, -0.25) is 0 Å². The van der Waals surface area contributed by atoms with Gasteiger partial charge in [-0.2, -0.15) is 0 Å². The predicted octanol–water partition coefficient (Wildman–Crippen LogP) is 6.06. The van der Waals surface area contributed by atoms with Crippen LogP contribution in [0.15, 0.2) is 90.8 Å². The highest BCUT2D eigenvalue weighted by atomic mass is 19.1. The largest absolute Gasteiger partial charge is 0.466 e. The maximum absolute atomic E-state index is 14.6. The molecule has 1 atom stereocenters. The number of fused-ring (bicyclic) bond motifs is 2. The number of nitrogens with zero attached hydrogens (tertiary/aromatic N) is 1. The molecule has 0 bridgehead atoms. The Balaban J connectivity index is 1.64. The van der Waals surface area contributed by atoms with Crippen molar-refractivity contribution in [3.63, 3.8) is 0 Å². The number of H-pyrrole nitrogens is 2. The first-order valence-corrected chi connectivity index (χ1v) is 13.5. The van der Waals surface area contributed by atoms with Crippen LogP contribution in [0.2, 0.25) is 0 Å². The van der Waals surface area contributed by atoms with E-state index >= 15 is 0 Å². The SMILES string of the molecule is CCN(CCc1c(C(c2cccc(F)c2)c2c[nH]c3ccccc23)[nH]c2ccccc12)/C(=C/C(=O)OC)C(=O)OC. The lowest BCUT2D eigenvalue weighted by Gasteiger charge is -2.25. The van der Waals surface area contributed by atoms with E-state index in [4.69, 9.17) is 9.47 Å². The van der Waals surface area contributed by atoms with Gasteiger partial charge in [0, 0.05) is 46.8 Å². The minimum atomic E-state index is -0.637. The zero-order valence-electron chi connectivity index (χ0n) is 23.2. The number of nitrogens with one attached hydrogen (secondary N) is 2. The van der Waals surface area contributed by atoms with Crippen LogP contribution in [0, 0.1) is 5.82 Å². The van der Waals surface area contributed by atoms with Gasteiger partial charge in [0.25, 0.3) is 0 Å². The molecule has 0 saturated carbocycles. The molecule has 1 unspecified atom stereocenters. The number of carbonyl (C=O) groups excluding carboxylic acids is 2. The minimum Gasteiger partial charge on any atom is -0.466 e. The maximum Gasteiger partial charge on any atom is 0.354 e. The molecular weight excluding hydrogens is 521 g/mol. The van der Waals surface area contributed by atoms with E-state index in [9.17, 15) is 14.0 Å². The van der Waals surface area contributed by atoms with Crippen molar-refractivity contribution in [2.45, 2.75) is 19.3 Å². The Bertz CT molecular complexity index is 1740. The van der Waals surface area contributed by atoms with Crippen LogP contribution < -0.4 is 0 Å². The number of benzene rings is 3. The third kappa shape index (κ3) is 5.59. The number of carbonyl (C=O) groups is 2. The zero-order valence-corrected chi connectivity index (χ0v) is 23.2. The van der Waals surface area contributed by atoms with Crippen molar-refractivity contribution in [1.29, 1.82) is 0 Å². The van der Waals surface area contributed by atoms with Crippen LogP contribution in [-0.2, 0) is 25.5 Å². The average molecular weight is 554 g/mol. The smallest absolute Gasteiger partial charge is 0.354 e. The van der Waals surface area contributed by atoms with Gasteiger partial charge in [0.1, 0.15) is 11.5 Å². The average Bonchev–Trinajstić information content (AvgIpc) is 3.58. The lowest BCUT2D eigenvalue weighted by Crippen LogP contribution is -2.31. The number of aromatic amines is 2. The van der Waals surface area contributed by atoms with Gasteiger partial charge in [0.05, 0.1) is 26.2 Å². The molecule has 2 N–H and O–H groups in total. The molecule has 0 aliphatic rings. The summed E-state index contributed by atoms with van der Waals surface area (Å²) in [7, 11) is 2.54. The fraction of sp³-hybridized carbons (Fsp3) is 0.212. The van der Waals surface area contributed by atoms with E-state index < -0.39 is 11.9 Å². The van der Waals surface area contributed by atoms with E-state index in [1.54, 1.807) is 17.0 Å². The number of methoxy groups -OCH3 is 2. The van der Waals surface area contributed by atoms with E-state index in [0.29, 0.717) is 19.5 Å². The molecule has 2 heterocycles. The summed E-state index contributed by atoms with van der Waals surface area (Å²) >= 11 is 0. The number of hydrogen-bond donors (Lipinski definition) is 2. The Morgan fingerprint density at radius 1 is 0.951 bits per heavy atom. The standard InChI is InChI=1S/C33H32FN3O4/c1-4-37(29(33(39)41-3)19-30(38)40-2)17-16-25-23-12-6-8-15-28(23)36-32(25)31(21-10-9-11-22(34)18-21)26-20-35-27-14-7-5-13-24(26)27/h5-15,18-20,31,35-36H,4,16-17H2,1-3H3/b29-19+. The van der Waals surface area contributed by atoms with E-state index in [2.05, 4.69) is 22.1 Å². The van der Waals surface area contributed by atoms with E-state index in [0.717, 1.165) is 50.3 Å². The molecule has 3 aromatic carbocycles. The highest BCUT2D eigenvalue weighted by molar-refractivity contribution is 5.96. The quantitative estimate of drug-likeness (QED) is 0.162. The van der Waals surface area contributed by atoms with Crippen LogP contribution in [0.3, 0.4) is 0 Å². The number of halogens is 1. The summed E-state index contributed by atoms with van der Waals surface area (Å²) < 4.78 is 24.4. The monoisotopic (exact) mass is 553 g/mol. The van der Waals surface area contributed by atoms with E-state index in [1.807, 2.05) is 55.6 Å². The van der Waals surface area contributed by atoms with Crippen molar-refractivity contribution >= 4 is 33.7 Å². The summed E-state index contributed by atoms with van der Waals surface area (Å²) in [4.78, 5) is 33.5. The molecule has 210 valence electrons. The summed E-state index contributed by atoms with van der Waals surface area (Å²) in [5, 5.41) is 2.09. The van der Waals surface area contributed by atoms with Gasteiger partial charge >= 0.3 is 11.9 Å². The number of ether oxygens (including phenoxy) is 2. The predicted molar refractivity (Wildman–Crippen MR) is 157 cm³/mol. The second kappa shape index (κ2) is 12.1. The number of aromatic nitrogens is 2. The van der Waals surface area contributed by atoms with Gasteiger partial charge in [-0.15, -0.1) is 0 Å². The Hall–Kier alpha value is -4.85. The molecule has 0 amide bonds. The lowest BCUT2D eigenvalue weighted by molar-refractivity contribution is -0.140. The van der Waals surface area contributed by atoms with Crippen LogP contribution in [-0.4, -0.2) is 54.1 Å². The molecule has 0 radical (unpaired) electrons. The Kier molecular flexibility index (Phi) is 8.19. The summed E-state index contributed by atoms with van der Waals surface area (Å²) in [6.45, 7) is 2.80. The van der Waals surface area contributed by atoms with Crippen LogP contribution >= 0.6 is 0 Å². The summed E-state index contributed by atoms with van der Waals surface area (Å²) in [5.41, 5.74) is 5.90. The fourth-order valence-electron chi connectivity index (χ4n) is 5.51. The van der Waals surface area contributed by atoms with Crippen molar-refractivity contribution < 1.29 is 23.5 Å². The number of esters is 2. The molecule has 0 spiro atoms. The fourth-order valence-corrected chi connectivity index (χ4v) is 5.51. The first-order valence-electron chi connectivity index (χ1n) is 13.5. The van der Waals surface area contributed by atoms with Crippen LogP contribution in [0.4, 0.5) is 4.39 Å². The molecule has 0 aliphatic heterocycles. The van der Waals surface area contributed by atoms with Crippen molar-refractivity contribution in [2.24, 2.45) is 0 Å². The highest BCUT2D eigenvalue weighted by Crippen LogP contribution is 2.40. The second-order valence-corrected chi connectivity index (χ2v) is 9.71. The molecule has 41 heavy (non-hydrogen) atoms. The third-order valence-electron chi connectivity index (χ3n) is 7.45. The molecule has 2 aromatic heterocycles. The van der Waals surface area contributed by atoms with Gasteiger partial charge in [-0.1, -0.05) is 48.5 Å². The van der Waals surface area contributed by atoms with Crippen LogP contribution in [0.25, 0.3) is 21.8 Å². The van der Waals surface area contributed by atoms with Gasteiger partial charge in [0.2, 0.25) is 0 Å². The second-order valence-electron chi connectivity index (χ2n) is 9.71. The normalized spacial score (nSPS) is 12.4. The first-order chi connectivity index (χ1) is 19.9. The molecule has 5 rings (SSSR count). The molecular formula is C33H32FN3O4. The van der Waals surface area contributed by atoms with Crippen LogP contribution in [0.1, 0.15) is 35.2 Å². The van der Waals surface area contributed by atoms with Crippen LogP contribution in [0.5, 0.6) is 0 Å². The first kappa shape index (κ1) is 27.7. The number of likely N-dealkylation sites (N-methyl/N-ethyl adjacent to an activating group) is 1. The van der Waals surface area contributed by atoms with Crippen molar-refractivity contribution in [1.82, 2.24) is 14.9 Å². The minimum absolute atomic E-state index is 0.126. The van der Waals surface area contributed by atoms with Gasteiger partial charge in [0.15, 0.2) is 0 Å². The molecule has 0 fully saturated rings. The van der Waals surface area contributed by atoms with Crippen molar-refractivity contribution in [3.8, 4) is 0 Å². The van der Waals surface area contributed by atoms with E-state index in [-0.39, 0.29) is 17.4 Å².